The molecule has 0 radical (unpaired) electrons. The van der Waals surface area contributed by atoms with Gasteiger partial charge in [0, 0.05) is 11.3 Å². The van der Waals surface area contributed by atoms with E-state index in [0.717, 1.165) is 30.6 Å². The molecule has 4 heteroatoms. The quantitative estimate of drug-likeness (QED) is 0.458. The Labute approximate surface area is 153 Å². The first kappa shape index (κ1) is 19.4. The van der Waals surface area contributed by atoms with Crippen LogP contribution in [-0.2, 0) is 17.6 Å². The molecule has 0 spiro atoms. The van der Waals surface area contributed by atoms with E-state index in [-0.39, 0.29) is 18.6 Å². The van der Waals surface area contributed by atoms with E-state index >= 15 is 0 Å². The van der Waals surface area contributed by atoms with Crippen LogP contribution in [0.5, 0.6) is 0 Å². The average Bonchev–Trinajstić information content (AvgIpc) is 3.00. The fourth-order valence-corrected chi connectivity index (χ4v) is 3.92. The highest BCUT2D eigenvalue weighted by atomic mass is 32.1. The van der Waals surface area contributed by atoms with Gasteiger partial charge >= 0.3 is 5.97 Å². The maximum atomic E-state index is 12.4. The maximum absolute atomic E-state index is 12.4. The Hall–Kier alpha value is -1.94. The van der Waals surface area contributed by atoms with Crippen LogP contribution in [0.4, 0.5) is 0 Å². The first-order valence-electron chi connectivity index (χ1n) is 8.73. The summed E-state index contributed by atoms with van der Waals surface area (Å²) in [5.74, 6) is -0.810. The fourth-order valence-electron chi connectivity index (χ4n) is 2.93. The minimum Gasteiger partial charge on any atom is -0.481 e. The summed E-state index contributed by atoms with van der Waals surface area (Å²) in [6.45, 7) is 3.66. The molecule has 0 fully saturated rings. The van der Waals surface area contributed by atoms with Crippen molar-refractivity contribution >= 4 is 23.1 Å². The third-order valence-corrected chi connectivity index (χ3v) is 5.37. The monoisotopic (exact) mass is 358 g/mol. The van der Waals surface area contributed by atoms with Crippen molar-refractivity contribution in [3.8, 4) is 0 Å². The van der Waals surface area contributed by atoms with Gasteiger partial charge in [-0.2, -0.15) is 0 Å². The average molecular weight is 359 g/mol. The van der Waals surface area contributed by atoms with Gasteiger partial charge in [0.1, 0.15) is 0 Å². The van der Waals surface area contributed by atoms with Crippen molar-refractivity contribution in [2.75, 3.05) is 0 Å². The Morgan fingerprint density at radius 2 is 1.64 bits per heavy atom. The summed E-state index contributed by atoms with van der Waals surface area (Å²) in [6, 6.07) is 14.4. The Bertz CT molecular complexity index is 701. The normalized spacial score (nSPS) is 11.4. The summed E-state index contributed by atoms with van der Waals surface area (Å²) in [7, 11) is 0. The lowest BCUT2D eigenvalue weighted by atomic mass is 9.84. The number of benzene rings is 1. The molecule has 0 saturated heterocycles. The van der Waals surface area contributed by atoms with Crippen molar-refractivity contribution in [1.82, 2.24) is 0 Å². The largest absolute Gasteiger partial charge is 0.481 e. The molecule has 1 aromatic heterocycles. The Kier molecular flexibility index (Phi) is 6.94. The molecule has 0 unspecified atom stereocenters. The molecule has 0 saturated carbocycles. The number of carbonyl (C=O) groups is 2. The van der Waals surface area contributed by atoms with E-state index in [1.165, 1.54) is 10.4 Å². The van der Waals surface area contributed by atoms with Crippen molar-refractivity contribution in [2.24, 2.45) is 5.41 Å². The molecule has 0 atom stereocenters. The molecule has 0 aliphatic carbocycles. The van der Waals surface area contributed by atoms with Crippen molar-refractivity contribution in [1.29, 1.82) is 0 Å². The lowest BCUT2D eigenvalue weighted by molar-refractivity contribution is -0.139. The van der Waals surface area contributed by atoms with Crippen LogP contribution < -0.4 is 0 Å². The van der Waals surface area contributed by atoms with Gasteiger partial charge in [0.15, 0.2) is 5.78 Å². The molecule has 0 aliphatic rings. The molecule has 1 N–H and O–H groups in total. The topological polar surface area (TPSA) is 54.4 Å². The van der Waals surface area contributed by atoms with Crippen LogP contribution in [0.3, 0.4) is 0 Å². The zero-order chi connectivity index (χ0) is 18.3. The van der Waals surface area contributed by atoms with Crippen molar-refractivity contribution in [3.05, 3.63) is 57.8 Å². The molecule has 0 bridgehead atoms. The molecule has 2 rings (SSSR count). The number of hydrogen-bond donors (Lipinski definition) is 1. The number of aliphatic carboxylic acids is 1. The van der Waals surface area contributed by atoms with E-state index < -0.39 is 11.4 Å². The first-order valence-corrected chi connectivity index (χ1v) is 9.55. The van der Waals surface area contributed by atoms with Gasteiger partial charge in [-0.15, -0.1) is 11.3 Å². The molecular weight excluding hydrogens is 332 g/mol. The molecule has 1 heterocycles. The van der Waals surface area contributed by atoms with Gasteiger partial charge in [-0.05, 0) is 48.8 Å². The predicted octanol–water partition coefficient (Wildman–Crippen LogP) is 5.39. The lowest BCUT2D eigenvalue weighted by Gasteiger charge is -2.20. The number of carboxylic acids is 1. The standard InChI is InChI=1S/C21H26O3S/c1-21(2,15-20(23)24)14-18(22)19-13-12-17(25-19)11-7-6-10-16-8-4-3-5-9-16/h3-5,8-9,12-13H,6-7,10-11,14-15H2,1-2H3,(H,23,24). The van der Waals surface area contributed by atoms with Gasteiger partial charge in [0.25, 0.3) is 0 Å². The second-order valence-corrected chi connectivity index (χ2v) is 8.46. The number of unbranched alkanes of at least 4 members (excludes halogenated alkanes) is 1. The summed E-state index contributed by atoms with van der Waals surface area (Å²) in [5, 5.41) is 8.93. The molecule has 2 aromatic rings. The maximum Gasteiger partial charge on any atom is 0.303 e. The van der Waals surface area contributed by atoms with Crippen LogP contribution in [0.15, 0.2) is 42.5 Å². The van der Waals surface area contributed by atoms with Crippen LogP contribution in [0.2, 0.25) is 0 Å². The smallest absolute Gasteiger partial charge is 0.303 e. The Morgan fingerprint density at radius 3 is 2.32 bits per heavy atom. The molecular formula is C21H26O3S. The van der Waals surface area contributed by atoms with Gasteiger partial charge < -0.3 is 5.11 Å². The second kappa shape index (κ2) is 8.95. The second-order valence-electron chi connectivity index (χ2n) is 7.29. The summed E-state index contributed by atoms with van der Waals surface area (Å²) < 4.78 is 0. The minimum absolute atomic E-state index is 0.0104. The third kappa shape index (κ3) is 6.83. The highest BCUT2D eigenvalue weighted by Gasteiger charge is 2.26. The molecule has 134 valence electrons. The SMILES string of the molecule is CC(C)(CC(=O)O)CC(=O)c1ccc(CCCCc2ccccc2)s1. The van der Waals surface area contributed by atoms with Crippen LogP contribution in [-0.4, -0.2) is 16.9 Å². The fraction of sp³-hybridized carbons (Fsp3) is 0.429. The van der Waals surface area contributed by atoms with E-state index in [2.05, 4.69) is 24.3 Å². The summed E-state index contributed by atoms with van der Waals surface area (Å²) >= 11 is 1.55. The lowest BCUT2D eigenvalue weighted by Crippen LogP contribution is -2.20. The van der Waals surface area contributed by atoms with Gasteiger partial charge in [0.2, 0.25) is 0 Å². The summed E-state index contributed by atoms with van der Waals surface area (Å²) in [5.41, 5.74) is 0.855. The molecule has 1 aromatic carbocycles. The van der Waals surface area contributed by atoms with Crippen molar-refractivity contribution in [2.45, 2.75) is 52.4 Å². The van der Waals surface area contributed by atoms with Crippen molar-refractivity contribution < 1.29 is 14.7 Å². The number of rotatable bonds is 10. The minimum atomic E-state index is -0.858. The van der Waals surface area contributed by atoms with Gasteiger partial charge in [-0.3, -0.25) is 9.59 Å². The Balaban J connectivity index is 1.79. The van der Waals surface area contributed by atoms with Crippen LogP contribution in [0.1, 0.15) is 59.6 Å². The predicted molar refractivity (Wildman–Crippen MR) is 102 cm³/mol. The highest BCUT2D eigenvalue weighted by molar-refractivity contribution is 7.14. The van der Waals surface area contributed by atoms with E-state index in [1.807, 2.05) is 32.0 Å². The number of aryl methyl sites for hydroxylation is 2. The third-order valence-electron chi connectivity index (χ3n) is 4.19. The van der Waals surface area contributed by atoms with Crippen LogP contribution >= 0.6 is 11.3 Å². The van der Waals surface area contributed by atoms with E-state index in [4.69, 9.17) is 5.11 Å². The summed E-state index contributed by atoms with van der Waals surface area (Å²) in [6.07, 6.45) is 4.60. The number of ketones is 1. The molecule has 0 amide bonds. The molecule has 0 aliphatic heterocycles. The number of Topliss-reactive ketones (excluding diaryl/α,β-unsaturated/α-hetero) is 1. The van der Waals surface area contributed by atoms with E-state index in [9.17, 15) is 9.59 Å². The number of hydrogen-bond acceptors (Lipinski definition) is 3. The van der Waals surface area contributed by atoms with Gasteiger partial charge in [-0.25, -0.2) is 0 Å². The Morgan fingerprint density at radius 1 is 0.960 bits per heavy atom. The van der Waals surface area contributed by atoms with Crippen LogP contribution in [0, 0.1) is 5.41 Å². The molecule has 3 nitrogen and oxygen atoms in total. The van der Waals surface area contributed by atoms with Crippen molar-refractivity contribution in [3.63, 3.8) is 0 Å². The zero-order valence-electron chi connectivity index (χ0n) is 15.0. The molecule has 25 heavy (non-hydrogen) atoms. The summed E-state index contributed by atoms with van der Waals surface area (Å²) in [4.78, 5) is 25.2. The highest BCUT2D eigenvalue weighted by Crippen LogP contribution is 2.29. The van der Waals surface area contributed by atoms with Gasteiger partial charge in [0.05, 0.1) is 11.3 Å². The zero-order valence-corrected chi connectivity index (χ0v) is 15.8. The van der Waals surface area contributed by atoms with Gasteiger partial charge in [-0.1, -0.05) is 44.2 Å². The van der Waals surface area contributed by atoms with E-state index in [0.29, 0.717) is 0 Å². The van der Waals surface area contributed by atoms with Crippen LogP contribution in [0.25, 0.3) is 0 Å². The number of thiophene rings is 1. The number of carbonyl (C=O) groups excluding carboxylic acids is 1. The van der Waals surface area contributed by atoms with E-state index in [1.54, 1.807) is 11.3 Å². The number of carboxylic acid groups (broad SMARTS) is 1. The first-order chi connectivity index (χ1) is 11.9.